The van der Waals surface area contributed by atoms with Gasteiger partial charge in [0.15, 0.2) is 0 Å². The zero-order chi connectivity index (χ0) is 17.5. The van der Waals surface area contributed by atoms with E-state index in [0.29, 0.717) is 0 Å². The van der Waals surface area contributed by atoms with E-state index in [1.165, 1.54) is 12.2 Å². The average molecular weight is 347 g/mol. The van der Waals surface area contributed by atoms with Crippen molar-refractivity contribution in [1.29, 1.82) is 0 Å². The molecule has 1 aliphatic carbocycles. The number of carbonyl (C=O) groups excluding carboxylic acids is 3. The molecule has 2 saturated heterocycles. The molecule has 4 atom stereocenters. The standard InChI is InChI=1S/C17H21NO5Si/c1-24(2,3)9-5-4-6-14(20)18-11-10-17(23-16(11)21)13(19)8-7-12-15(17)22-12/h4-9,11-12,15H,10H2,1-3H3,(H,18,20)/b6-4+,9-5+/t11-,12-,15-,17+/m0/s1. The summed E-state index contributed by atoms with van der Waals surface area (Å²) in [7, 11) is -1.31. The fourth-order valence-electron chi connectivity index (χ4n) is 2.93. The topological polar surface area (TPSA) is 85.0 Å². The number of epoxide rings is 1. The second-order valence-corrected chi connectivity index (χ2v) is 12.5. The Balaban J connectivity index is 1.60. The summed E-state index contributed by atoms with van der Waals surface area (Å²) in [6.07, 6.45) is 7.45. The molecule has 3 aliphatic rings. The minimum absolute atomic E-state index is 0.112. The van der Waals surface area contributed by atoms with Gasteiger partial charge < -0.3 is 14.8 Å². The Morgan fingerprint density at radius 3 is 2.79 bits per heavy atom. The number of hydrogen-bond donors (Lipinski definition) is 1. The van der Waals surface area contributed by atoms with Crippen LogP contribution in [0.4, 0.5) is 0 Å². The van der Waals surface area contributed by atoms with E-state index >= 15 is 0 Å². The fraction of sp³-hybridized carbons (Fsp3) is 0.471. The van der Waals surface area contributed by atoms with Gasteiger partial charge in [0.2, 0.25) is 17.3 Å². The molecule has 0 aromatic heterocycles. The van der Waals surface area contributed by atoms with Crippen molar-refractivity contribution in [1.82, 2.24) is 5.32 Å². The van der Waals surface area contributed by atoms with Gasteiger partial charge in [-0.1, -0.05) is 37.5 Å². The second kappa shape index (κ2) is 5.82. The van der Waals surface area contributed by atoms with Crippen molar-refractivity contribution >= 4 is 25.7 Å². The van der Waals surface area contributed by atoms with Crippen LogP contribution in [-0.2, 0) is 23.9 Å². The third-order valence-corrected chi connectivity index (χ3v) is 5.38. The maximum Gasteiger partial charge on any atom is 0.329 e. The molecular weight excluding hydrogens is 326 g/mol. The van der Waals surface area contributed by atoms with Crippen molar-refractivity contribution in [2.45, 2.75) is 49.9 Å². The Hall–Kier alpha value is -1.99. The number of esters is 1. The van der Waals surface area contributed by atoms with Crippen molar-refractivity contribution in [2.24, 2.45) is 0 Å². The van der Waals surface area contributed by atoms with Gasteiger partial charge in [0, 0.05) is 12.5 Å². The van der Waals surface area contributed by atoms with Crippen LogP contribution in [0.5, 0.6) is 0 Å². The highest BCUT2D eigenvalue weighted by atomic mass is 28.3. The van der Waals surface area contributed by atoms with E-state index in [1.54, 1.807) is 12.2 Å². The maximum atomic E-state index is 12.2. The summed E-state index contributed by atoms with van der Waals surface area (Å²) in [5.74, 6) is -1.26. The van der Waals surface area contributed by atoms with Crippen LogP contribution in [0.1, 0.15) is 6.42 Å². The molecule has 1 spiro atoms. The minimum atomic E-state index is -1.31. The number of carbonyl (C=O) groups is 3. The summed E-state index contributed by atoms with van der Waals surface area (Å²) in [4.78, 5) is 36.2. The Morgan fingerprint density at radius 1 is 1.33 bits per heavy atom. The first-order valence-corrected chi connectivity index (χ1v) is 11.6. The molecule has 0 aromatic carbocycles. The summed E-state index contributed by atoms with van der Waals surface area (Å²) in [5, 5.41) is 2.60. The van der Waals surface area contributed by atoms with Crippen molar-refractivity contribution in [3.8, 4) is 0 Å². The Morgan fingerprint density at radius 2 is 2.08 bits per heavy atom. The number of amides is 1. The Kier molecular flexibility index (Phi) is 4.09. The number of rotatable bonds is 4. The van der Waals surface area contributed by atoms with Crippen LogP contribution >= 0.6 is 0 Å². The highest BCUT2D eigenvalue weighted by Crippen LogP contribution is 2.46. The monoisotopic (exact) mass is 347 g/mol. The number of ether oxygens (including phenoxy) is 2. The summed E-state index contributed by atoms with van der Waals surface area (Å²) >= 11 is 0. The highest BCUT2D eigenvalue weighted by molar-refractivity contribution is 6.81. The Labute approximate surface area is 141 Å². The molecule has 7 heteroatoms. The van der Waals surface area contributed by atoms with Crippen LogP contribution in [0.3, 0.4) is 0 Å². The summed E-state index contributed by atoms with van der Waals surface area (Å²) in [6, 6.07) is -0.830. The van der Waals surface area contributed by atoms with Crippen LogP contribution in [0, 0.1) is 0 Å². The van der Waals surface area contributed by atoms with Gasteiger partial charge in [-0.3, -0.25) is 9.59 Å². The third kappa shape index (κ3) is 3.27. The molecule has 3 rings (SSSR count). The minimum Gasteiger partial charge on any atom is -0.446 e. The van der Waals surface area contributed by atoms with Crippen LogP contribution in [0.2, 0.25) is 19.6 Å². The molecule has 128 valence electrons. The highest BCUT2D eigenvalue weighted by Gasteiger charge is 2.66. The average Bonchev–Trinajstić information content (AvgIpc) is 3.20. The van der Waals surface area contributed by atoms with E-state index in [-0.39, 0.29) is 24.2 Å². The second-order valence-electron chi connectivity index (χ2n) is 7.40. The number of nitrogens with one attached hydrogen (secondary N) is 1. The number of ketones is 1. The molecule has 0 radical (unpaired) electrons. The van der Waals surface area contributed by atoms with Gasteiger partial charge in [-0.05, 0) is 12.2 Å². The van der Waals surface area contributed by atoms with E-state index in [9.17, 15) is 14.4 Å². The SMILES string of the molecule is C[Si](C)(C)/C=C/C=C/C(=O)N[C@H]1C[C@@]2(OC1=O)C(=O)C=C[C@@H]1O[C@@H]12. The van der Waals surface area contributed by atoms with Gasteiger partial charge >= 0.3 is 5.97 Å². The molecular formula is C17H21NO5Si. The molecule has 24 heavy (non-hydrogen) atoms. The van der Waals surface area contributed by atoms with Crippen molar-refractivity contribution in [3.05, 3.63) is 36.1 Å². The van der Waals surface area contributed by atoms with Crippen LogP contribution in [-0.4, -0.2) is 49.6 Å². The van der Waals surface area contributed by atoms with E-state index < -0.39 is 31.8 Å². The van der Waals surface area contributed by atoms with Gasteiger partial charge in [0.05, 0.1) is 8.07 Å². The lowest BCUT2D eigenvalue weighted by molar-refractivity contribution is -0.158. The zero-order valence-electron chi connectivity index (χ0n) is 13.9. The van der Waals surface area contributed by atoms with Crippen molar-refractivity contribution < 1.29 is 23.9 Å². The van der Waals surface area contributed by atoms with E-state index in [4.69, 9.17) is 9.47 Å². The van der Waals surface area contributed by atoms with Crippen molar-refractivity contribution in [2.75, 3.05) is 0 Å². The van der Waals surface area contributed by atoms with Gasteiger partial charge in [-0.2, -0.15) is 0 Å². The fourth-order valence-corrected chi connectivity index (χ4v) is 3.62. The van der Waals surface area contributed by atoms with Gasteiger partial charge in [-0.15, -0.1) is 0 Å². The largest absolute Gasteiger partial charge is 0.446 e. The van der Waals surface area contributed by atoms with Crippen molar-refractivity contribution in [3.63, 3.8) is 0 Å². The smallest absolute Gasteiger partial charge is 0.329 e. The molecule has 2 fully saturated rings. The van der Waals surface area contributed by atoms with Gasteiger partial charge in [0.1, 0.15) is 18.2 Å². The predicted octanol–water partition coefficient (Wildman–Crippen LogP) is 1.05. The molecule has 0 saturated carbocycles. The summed E-state index contributed by atoms with van der Waals surface area (Å²) < 4.78 is 10.7. The van der Waals surface area contributed by atoms with Crippen LogP contribution < -0.4 is 5.32 Å². The number of hydrogen-bond acceptors (Lipinski definition) is 5. The quantitative estimate of drug-likeness (QED) is 0.270. The molecule has 0 bridgehead atoms. The van der Waals surface area contributed by atoms with Gasteiger partial charge in [-0.25, -0.2) is 4.79 Å². The van der Waals surface area contributed by atoms with Crippen LogP contribution in [0.15, 0.2) is 36.1 Å². The summed E-state index contributed by atoms with van der Waals surface area (Å²) in [5.41, 5.74) is 0.836. The third-order valence-electron chi connectivity index (χ3n) is 4.19. The molecule has 2 heterocycles. The molecule has 0 aromatic rings. The van der Waals surface area contributed by atoms with E-state index in [2.05, 4.69) is 30.7 Å². The number of fused-ring (bicyclic) bond motifs is 2. The lowest BCUT2D eigenvalue weighted by Gasteiger charge is -2.24. The lowest BCUT2D eigenvalue weighted by Crippen LogP contribution is -2.46. The predicted molar refractivity (Wildman–Crippen MR) is 89.8 cm³/mol. The van der Waals surface area contributed by atoms with Gasteiger partial charge in [0.25, 0.3) is 0 Å². The van der Waals surface area contributed by atoms with Crippen LogP contribution in [0.25, 0.3) is 0 Å². The first kappa shape index (κ1) is 16.9. The van der Waals surface area contributed by atoms with E-state index in [1.807, 2.05) is 6.08 Å². The lowest BCUT2D eigenvalue weighted by atomic mass is 9.84. The molecule has 6 nitrogen and oxygen atoms in total. The first-order valence-electron chi connectivity index (χ1n) is 7.99. The Bertz CT molecular complexity index is 675. The van der Waals surface area contributed by atoms with E-state index in [0.717, 1.165) is 0 Å². The molecule has 0 unspecified atom stereocenters. The molecule has 1 amide bonds. The molecule has 1 N–H and O–H groups in total. The maximum absolute atomic E-state index is 12.2. The number of allylic oxidation sites excluding steroid dienone is 2. The summed E-state index contributed by atoms with van der Waals surface area (Å²) in [6.45, 7) is 6.57. The normalized spacial score (nSPS) is 34.9. The zero-order valence-corrected chi connectivity index (χ0v) is 14.9. The molecule has 2 aliphatic heterocycles. The first-order chi connectivity index (χ1) is 11.2.